The van der Waals surface area contributed by atoms with Crippen molar-refractivity contribution in [2.24, 2.45) is 11.1 Å². The highest BCUT2D eigenvalue weighted by atomic mass is 16.3. The number of likely N-dealkylation sites (tertiary alicyclic amines) is 1. The van der Waals surface area contributed by atoms with E-state index in [0.29, 0.717) is 25.4 Å². The van der Waals surface area contributed by atoms with Gasteiger partial charge in [-0.15, -0.1) is 6.42 Å². The maximum Gasteiger partial charge on any atom is 0.223 e. The summed E-state index contributed by atoms with van der Waals surface area (Å²) in [6, 6.07) is 7.08. The maximum absolute atomic E-state index is 11.6. The number of nitrogens with one attached hydrogen (secondary N) is 1. The van der Waals surface area contributed by atoms with Crippen LogP contribution in [0.2, 0.25) is 0 Å². The fourth-order valence-electron chi connectivity index (χ4n) is 2.68. The first-order chi connectivity index (χ1) is 14.4. The van der Waals surface area contributed by atoms with Gasteiger partial charge in [-0.2, -0.15) is 0 Å². The molecule has 0 spiro atoms. The van der Waals surface area contributed by atoms with Crippen molar-refractivity contribution in [3.05, 3.63) is 35.4 Å². The molecular formula is C24H39N3O4. The number of aliphatic hydroxyl groups excluding tert-OH is 2. The number of carbonyl (C=O) groups is 2. The van der Waals surface area contributed by atoms with E-state index in [-0.39, 0.29) is 30.1 Å². The number of β-amino-alcohol motifs (C(OH)–C–C–N with tert-alkyl or cyclic N) is 1. The minimum atomic E-state index is -0.362. The predicted octanol–water partition coefficient (Wildman–Crippen LogP) is 1.82. The summed E-state index contributed by atoms with van der Waals surface area (Å²) in [5.41, 5.74) is 6.76. The molecule has 0 aromatic heterocycles. The van der Waals surface area contributed by atoms with Crippen molar-refractivity contribution in [1.82, 2.24) is 10.2 Å². The smallest absolute Gasteiger partial charge is 0.223 e. The molecule has 0 radical (unpaired) electrons. The van der Waals surface area contributed by atoms with Crippen molar-refractivity contribution < 1.29 is 19.8 Å². The van der Waals surface area contributed by atoms with Gasteiger partial charge in [-0.25, -0.2) is 0 Å². The van der Waals surface area contributed by atoms with Crippen molar-refractivity contribution in [2.45, 2.75) is 65.6 Å². The number of amides is 2. The topological polar surface area (TPSA) is 116 Å². The Morgan fingerprint density at radius 3 is 2.26 bits per heavy atom. The van der Waals surface area contributed by atoms with E-state index in [2.05, 4.69) is 32.0 Å². The number of nitrogens with zero attached hydrogens (tertiary/aromatic N) is 1. The Hall–Kier alpha value is -2.40. The molecule has 5 N–H and O–H groups in total. The van der Waals surface area contributed by atoms with Crippen LogP contribution in [0.25, 0.3) is 0 Å². The highest BCUT2D eigenvalue weighted by Crippen LogP contribution is 2.21. The number of rotatable bonds is 5. The number of hydrogen-bond donors (Lipinski definition) is 4. The average Bonchev–Trinajstić information content (AvgIpc) is 3.12. The Morgan fingerprint density at radius 1 is 1.35 bits per heavy atom. The Bertz CT molecular complexity index is 688. The van der Waals surface area contributed by atoms with Crippen LogP contribution in [0.15, 0.2) is 24.3 Å². The van der Waals surface area contributed by atoms with Crippen LogP contribution in [0.4, 0.5) is 0 Å². The van der Waals surface area contributed by atoms with Crippen LogP contribution in [-0.4, -0.2) is 59.3 Å². The van der Waals surface area contributed by atoms with Crippen LogP contribution in [0.1, 0.15) is 64.6 Å². The van der Waals surface area contributed by atoms with Gasteiger partial charge in [0.1, 0.15) is 0 Å². The molecule has 7 nitrogen and oxygen atoms in total. The largest absolute Gasteiger partial charge is 0.394 e. The Morgan fingerprint density at radius 2 is 1.90 bits per heavy atom. The quantitative estimate of drug-likeness (QED) is 0.418. The zero-order valence-corrected chi connectivity index (χ0v) is 19.5. The van der Waals surface area contributed by atoms with E-state index in [1.807, 2.05) is 13.8 Å². The summed E-state index contributed by atoms with van der Waals surface area (Å²) in [5, 5.41) is 20.7. The fourth-order valence-corrected chi connectivity index (χ4v) is 2.68. The first-order valence-corrected chi connectivity index (χ1v) is 10.5. The van der Waals surface area contributed by atoms with Crippen LogP contribution in [-0.2, 0) is 9.59 Å². The number of aliphatic hydroxyl groups is 2. The summed E-state index contributed by atoms with van der Waals surface area (Å²) in [7, 11) is 0. The summed E-state index contributed by atoms with van der Waals surface area (Å²) in [6.07, 6.45) is 6.76. The summed E-state index contributed by atoms with van der Waals surface area (Å²) < 4.78 is 0. The predicted molar refractivity (Wildman–Crippen MR) is 124 cm³/mol. The average molecular weight is 434 g/mol. The van der Waals surface area contributed by atoms with Crippen LogP contribution in [0.3, 0.4) is 0 Å². The van der Waals surface area contributed by atoms with Gasteiger partial charge in [0.2, 0.25) is 12.3 Å². The van der Waals surface area contributed by atoms with Crippen molar-refractivity contribution >= 4 is 12.3 Å². The van der Waals surface area contributed by atoms with Gasteiger partial charge in [-0.05, 0) is 35.6 Å². The lowest BCUT2D eigenvalue weighted by molar-refractivity contribution is -0.132. The van der Waals surface area contributed by atoms with E-state index in [4.69, 9.17) is 17.3 Å². The normalized spacial score (nSPS) is 16.3. The van der Waals surface area contributed by atoms with Crippen LogP contribution in [0.5, 0.6) is 0 Å². The minimum absolute atomic E-state index is 0.0463. The molecular weight excluding hydrogens is 394 g/mol. The monoisotopic (exact) mass is 433 g/mol. The molecule has 1 saturated heterocycles. The van der Waals surface area contributed by atoms with Gasteiger partial charge in [0, 0.05) is 25.1 Å². The van der Waals surface area contributed by atoms with Gasteiger partial charge in [0.25, 0.3) is 0 Å². The molecule has 1 aromatic carbocycles. The number of nitrogens with two attached hydrogens (primary N) is 1. The van der Waals surface area contributed by atoms with E-state index < -0.39 is 0 Å². The van der Waals surface area contributed by atoms with Gasteiger partial charge < -0.3 is 26.2 Å². The first kappa shape index (κ1) is 28.6. The van der Waals surface area contributed by atoms with E-state index in [0.717, 1.165) is 24.1 Å². The van der Waals surface area contributed by atoms with E-state index in [1.54, 1.807) is 29.2 Å². The SMILES string of the molecule is C#Cc1ccc(C(CO)NC=O)cc1.CC(C)(C)CC(=O)N1CCC(O)C1.CC(C)N. The molecule has 2 atom stereocenters. The molecule has 1 aliphatic heterocycles. The standard InChI is InChI=1S/C11H11NO2.C10H19NO2.C3H9N/c1-2-9-3-5-10(6-4-9)11(7-13)12-8-14;1-10(2,3)6-9(13)11-5-4-8(12)7-11;1-3(2)4/h1,3-6,8,11,13H,7H2,(H,12,14);8,12H,4-7H2,1-3H3;3H,4H2,1-2H3. The van der Waals surface area contributed by atoms with Crippen LogP contribution >= 0.6 is 0 Å². The molecule has 2 rings (SSSR count). The van der Waals surface area contributed by atoms with Crippen molar-refractivity contribution in [3.63, 3.8) is 0 Å². The molecule has 0 saturated carbocycles. The zero-order chi connectivity index (χ0) is 24.0. The Kier molecular flexibility index (Phi) is 13.4. The van der Waals surface area contributed by atoms with Gasteiger partial charge in [0.05, 0.1) is 18.8 Å². The lowest BCUT2D eigenvalue weighted by Gasteiger charge is -2.22. The van der Waals surface area contributed by atoms with Crippen LogP contribution < -0.4 is 11.1 Å². The summed E-state index contributed by atoms with van der Waals surface area (Å²) in [5.74, 6) is 2.66. The lowest BCUT2D eigenvalue weighted by atomic mass is 9.92. The van der Waals surface area contributed by atoms with Gasteiger partial charge in [-0.1, -0.05) is 52.7 Å². The molecule has 2 unspecified atom stereocenters. The number of terminal acetylenes is 1. The Balaban J connectivity index is 0.000000497. The second-order valence-electron chi connectivity index (χ2n) is 9.05. The van der Waals surface area contributed by atoms with E-state index in [1.165, 1.54) is 0 Å². The van der Waals surface area contributed by atoms with E-state index in [9.17, 15) is 14.7 Å². The fraction of sp³-hybridized carbons (Fsp3) is 0.583. The lowest BCUT2D eigenvalue weighted by Crippen LogP contribution is -2.32. The molecule has 31 heavy (non-hydrogen) atoms. The molecule has 1 fully saturated rings. The molecule has 7 heteroatoms. The summed E-state index contributed by atoms with van der Waals surface area (Å²) >= 11 is 0. The minimum Gasteiger partial charge on any atom is -0.394 e. The molecule has 1 aromatic rings. The summed E-state index contributed by atoms with van der Waals surface area (Å²) in [4.78, 5) is 23.6. The highest BCUT2D eigenvalue weighted by molar-refractivity contribution is 5.77. The van der Waals surface area contributed by atoms with Crippen molar-refractivity contribution in [1.29, 1.82) is 0 Å². The molecule has 2 amide bonds. The molecule has 1 aliphatic rings. The highest BCUT2D eigenvalue weighted by Gasteiger charge is 2.27. The van der Waals surface area contributed by atoms with E-state index >= 15 is 0 Å². The molecule has 1 heterocycles. The maximum atomic E-state index is 11.6. The van der Waals surface area contributed by atoms with Gasteiger partial charge >= 0.3 is 0 Å². The molecule has 0 bridgehead atoms. The second-order valence-corrected chi connectivity index (χ2v) is 9.05. The van der Waals surface area contributed by atoms with Crippen LogP contribution in [0, 0.1) is 17.8 Å². The van der Waals surface area contributed by atoms with Crippen molar-refractivity contribution in [3.8, 4) is 12.3 Å². The van der Waals surface area contributed by atoms with Crippen molar-refractivity contribution in [2.75, 3.05) is 19.7 Å². The number of benzene rings is 1. The zero-order valence-electron chi connectivity index (χ0n) is 19.5. The number of carbonyl (C=O) groups excluding carboxylic acids is 2. The van der Waals surface area contributed by atoms with Gasteiger partial charge in [0.15, 0.2) is 0 Å². The Labute approximate surface area is 187 Å². The molecule has 0 aliphatic carbocycles. The first-order valence-electron chi connectivity index (χ1n) is 10.5. The number of hydrogen-bond acceptors (Lipinski definition) is 5. The molecule has 174 valence electrons. The van der Waals surface area contributed by atoms with Gasteiger partial charge in [-0.3, -0.25) is 9.59 Å². The third-order valence-corrected chi connectivity index (χ3v) is 4.13. The second kappa shape index (κ2) is 14.6. The summed E-state index contributed by atoms with van der Waals surface area (Å²) in [6.45, 7) is 11.2. The third kappa shape index (κ3) is 13.5. The third-order valence-electron chi connectivity index (χ3n) is 4.13.